The second-order valence-corrected chi connectivity index (χ2v) is 8.00. The smallest absolute Gasteiger partial charge is 0.250 e. The Kier molecular flexibility index (Phi) is 6.20. The Hall–Kier alpha value is -2.59. The molecule has 1 aliphatic rings. The van der Waals surface area contributed by atoms with Crippen molar-refractivity contribution in [1.29, 1.82) is 0 Å². The summed E-state index contributed by atoms with van der Waals surface area (Å²) in [7, 11) is 3.61. The fraction of sp³-hybridized carbons (Fsp3) is 0.375. The average molecular weight is 379 g/mol. The number of carbonyl (C=O) groups excluding carboxylic acids is 1. The van der Waals surface area contributed by atoms with Gasteiger partial charge in [-0.2, -0.15) is 0 Å². The van der Waals surface area contributed by atoms with Gasteiger partial charge in [-0.1, -0.05) is 48.5 Å². The average Bonchev–Trinajstić information content (AvgIpc) is 2.91. The number of methoxy groups -OCH3 is 1. The molecule has 1 heterocycles. The third-order valence-corrected chi connectivity index (χ3v) is 5.43. The minimum atomic E-state index is -0.205. The van der Waals surface area contributed by atoms with Crippen molar-refractivity contribution in [3.8, 4) is 5.75 Å². The van der Waals surface area contributed by atoms with Crippen molar-refractivity contribution in [2.75, 3.05) is 20.7 Å². The summed E-state index contributed by atoms with van der Waals surface area (Å²) in [5, 5.41) is 3.26. The number of carbonyl (C=O) groups is 1. The third kappa shape index (κ3) is 4.45. The molecule has 0 aromatic heterocycles. The Balaban J connectivity index is 1.83. The number of nitrogens with one attached hydrogen (secondary N) is 1. The molecule has 0 radical (unpaired) electrons. The molecule has 1 amide bonds. The van der Waals surface area contributed by atoms with E-state index in [9.17, 15) is 4.79 Å². The molecule has 2 aromatic carbocycles. The van der Waals surface area contributed by atoms with Gasteiger partial charge in [-0.25, -0.2) is 0 Å². The molecule has 0 spiro atoms. The number of nitrogens with zero attached hydrogens (tertiary/aromatic N) is 1. The van der Waals surface area contributed by atoms with E-state index >= 15 is 0 Å². The summed E-state index contributed by atoms with van der Waals surface area (Å²) in [6.07, 6.45) is 2.92. The second kappa shape index (κ2) is 8.61. The topological polar surface area (TPSA) is 41.6 Å². The fourth-order valence-electron chi connectivity index (χ4n) is 3.85. The zero-order valence-electron chi connectivity index (χ0n) is 17.2. The van der Waals surface area contributed by atoms with E-state index in [-0.39, 0.29) is 17.4 Å². The molecule has 148 valence electrons. The summed E-state index contributed by atoms with van der Waals surface area (Å²) in [5.74, 6) is 1.15. The summed E-state index contributed by atoms with van der Waals surface area (Å²) in [6.45, 7) is 5.70. The standard InChI is InChI=1S/C24H30N2O2/c1-24(2)15-20(14-21(16-25-3)19-8-6-5-7-9-19)23(27)26(24)17-18-10-12-22(28-4)13-11-18/h5-14,21,25H,15-17H2,1-4H3/b20-14+. The summed E-state index contributed by atoms with van der Waals surface area (Å²) in [5.41, 5.74) is 3.04. The van der Waals surface area contributed by atoms with Gasteiger partial charge in [0.25, 0.3) is 0 Å². The van der Waals surface area contributed by atoms with Gasteiger partial charge >= 0.3 is 0 Å². The molecule has 1 atom stereocenters. The van der Waals surface area contributed by atoms with Gasteiger partial charge in [0.1, 0.15) is 5.75 Å². The van der Waals surface area contributed by atoms with Gasteiger partial charge in [-0.3, -0.25) is 4.79 Å². The van der Waals surface area contributed by atoms with E-state index in [0.29, 0.717) is 6.54 Å². The van der Waals surface area contributed by atoms with Crippen molar-refractivity contribution < 1.29 is 9.53 Å². The quantitative estimate of drug-likeness (QED) is 0.737. The lowest BCUT2D eigenvalue weighted by Crippen LogP contribution is -2.40. The van der Waals surface area contributed by atoms with Crippen LogP contribution in [0, 0.1) is 0 Å². The molecule has 1 N–H and O–H groups in total. The van der Waals surface area contributed by atoms with Crippen LogP contribution in [0.25, 0.3) is 0 Å². The van der Waals surface area contributed by atoms with Crippen LogP contribution in [0.4, 0.5) is 0 Å². The maximum atomic E-state index is 13.2. The molecule has 0 saturated carbocycles. The van der Waals surface area contributed by atoms with E-state index < -0.39 is 0 Å². The highest BCUT2D eigenvalue weighted by molar-refractivity contribution is 5.97. The molecule has 4 heteroatoms. The van der Waals surface area contributed by atoms with E-state index in [1.807, 2.05) is 54.4 Å². The summed E-state index contributed by atoms with van der Waals surface area (Å²) >= 11 is 0. The minimum absolute atomic E-state index is 0.137. The zero-order chi connectivity index (χ0) is 20.1. The SMILES string of the molecule is CNCC(/C=C1\CC(C)(C)N(Cc2ccc(OC)cc2)C1=O)c1ccccc1. The predicted molar refractivity (Wildman–Crippen MR) is 113 cm³/mol. The molecule has 1 unspecified atom stereocenters. The van der Waals surface area contributed by atoms with Crippen LogP contribution in [0.15, 0.2) is 66.2 Å². The van der Waals surface area contributed by atoms with Crippen LogP contribution in [0.2, 0.25) is 0 Å². The molecule has 3 rings (SSSR count). The highest BCUT2D eigenvalue weighted by Crippen LogP contribution is 2.36. The van der Waals surface area contributed by atoms with Crippen LogP contribution in [-0.4, -0.2) is 37.0 Å². The van der Waals surface area contributed by atoms with Gasteiger partial charge in [0, 0.05) is 36.5 Å². The number of ether oxygens (including phenoxy) is 1. The number of hydrogen-bond donors (Lipinski definition) is 1. The third-order valence-electron chi connectivity index (χ3n) is 5.43. The molecular formula is C24H30N2O2. The van der Waals surface area contributed by atoms with Crippen LogP contribution < -0.4 is 10.1 Å². The van der Waals surface area contributed by atoms with Gasteiger partial charge < -0.3 is 15.0 Å². The first-order valence-corrected chi connectivity index (χ1v) is 9.80. The van der Waals surface area contributed by atoms with E-state index in [4.69, 9.17) is 4.74 Å². The Morgan fingerprint density at radius 1 is 1.14 bits per heavy atom. The number of likely N-dealkylation sites (N-methyl/N-ethyl adjacent to an activating group) is 1. The minimum Gasteiger partial charge on any atom is -0.497 e. The van der Waals surface area contributed by atoms with Crippen LogP contribution in [-0.2, 0) is 11.3 Å². The van der Waals surface area contributed by atoms with E-state index in [2.05, 4.69) is 37.4 Å². The van der Waals surface area contributed by atoms with E-state index in [1.54, 1.807) is 7.11 Å². The Morgan fingerprint density at radius 2 is 1.82 bits per heavy atom. The van der Waals surface area contributed by atoms with Crippen molar-refractivity contribution >= 4 is 5.91 Å². The predicted octanol–water partition coefficient (Wildman–Crippen LogP) is 4.14. The summed E-state index contributed by atoms with van der Waals surface area (Å²) < 4.78 is 5.23. The number of hydrogen-bond acceptors (Lipinski definition) is 3. The van der Waals surface area contributed by atoms with Crippen molar-refractivity contribution in [2.45, 2.75) is 38.3 Å². The first kappa shape index (κ1) is 20.2. The molecule has 2 aromatic rings. The van der Waals surface area contributed by atoms with Crippen LogP contribution in [0.3, 0.4) is 0 Å². The molecule has 1 fully saturated rings. The first-order valence-electron chi connectivity index (χ1n) is 9.80. The van der Waals surface area contributed by atoms with E-state index in [1.165, 1.54) is 5.56 Å². The number of likely N-dealkylation sites (tertiary alicyclic amines) is 1. The van der Waals surface area contributed by atoms with Crippen molar-refractivity contribution in [2.24, 2.45) is 0 Å². The lowest BCUT2D eigenvalue weighted by atomic mass is 9.93. The van der Waals surface area contributed by atoms with Gasteiger partial charge in [-0.15, -0.1) is 0 Å². The van der Waals surface area contributed by atoms with Crippen LogP contribution in [0.1, 0.15) is 37.3 Å². The zero-order valence-corrected chi connectivity index (χ0v) is 17.2. The fourth-order valence-corrected chi connectivity index (χ4v) is 3.85. The molecule has 4 nitrogen and oxygen atoms in total. The normalized spacial score (nSPS) is 18.5. The lowest BCUT2D eigenvalue weighted by Gasteiger charge is -2.31. The number of rotatable bonds is 7. The number of amides is 1. The molecule has 1 saturated heterocycles. The molecule has 0 bridgehead atoms. The van der Waals surface area contributed by atoms with Gasteiger partial charge in [0.15, 0.2) is 0 Å². The second-order valence-electron chi connectivity index (χ2n) is 8.00. The largest absolute Gasteiger partial charge is 0.497 e. The highest BCUT2D eigenvalue weighted by Gasteiger charge is 2.41. The maximum absolute atomic E-state index is 13.2. The van der Waals surface area contributed by atoms with Gasteiger partial charge in [0.05, 0.1) is 7.11 Å². The Morgan fingerprint density at radius 3 is 2.43 bits per heavy atom. The van der Waals surface area contributed by atoms with Gasteiger partial charge in [0.2, 0.25) is 5.91 Å². The van der Waals surface area contributed by atoms with Crippen molar-refractivity contribution in [3.63, 3.8) is 0 Å². The Labute approximate surface area is 168 Å². The first-order chi connectivity index (χ1) is 13.4. The van der Waals surface area contributed by atoms with Crippen molar-refractivity contribution in [3.05, 3.63) is 77.4 Å². The van der Waals surface area contributed by atoms with Crippen LogP contribution in [0.5, 0.6) is 5.75 Å². The highest BCUT2D eigenvalue weighted by atomic mass is 16.5. The van der Waals surface area contributed by atoms with E-state index in [0.717, 1.165) is 29.9 Å². The monoisotopic (exact) mass is 378 g/mol. The number of benzene rings is 2. The lowest BCUT2D eigenvalue weighted by molar-refractivity contribution is -0.128. The summed E-state index contributed by atoms with van der Waals surface area (Å²) in [4.78, 5) is 15.2. The maximum Gasteiger partial charge on any atom is 0.250 e. The molecular weight excluding hydrogens is 348 g/mol. The molecule has 28 heavy (non-hydrogen) atoms. The Bertz CT molecular complexity index is 825. The molecule has 0 aliphatic carbocycles. The van der Waals surface area contributed by atoms with Crippen LogP contribution >= 0.6 is 0 Å². The van der Waals surface area contributed by atoms with Crippen molar-refractivity contribution in [1.82, 2.24) is 10.2 Å². The molecule has 1 aliphatic heterocycles. The summed E-state index contributed by atoms with van der Waals surface area (Å²) in [6, 6.07) is 18.3. The van der Waals surface area contributed by atoms with Gasteiger partial charge in [-0.05, 0) is 44.2 Å².